The predicted octanol–water partition coefficient (Wildman–Crippen LogP) is 42.0. The first-order chi connectivity index (χ1) is 60.1. The van der Waals surface area contributed by atoms with Gasteiger partial charge in [-0.3, -0.25) is 0 Å². The minimum atomic E-state index is -0.826. The summed E-state index contributed by atoms with van der Waals surface area (Å²) in [5, 5.41) is 0. The Kier molecular flexibility index (Phi) is 64.7. The molecule has 0 bridgehead atoms. The summed E-state index contributed by atoms with van der Waals surface area (Å²) in [7, 11) is 39.5. The Morgan fingerprint density at radius 2 is 0.463 bits per heavy atom. The zero-order chi connectivity index (χ0) is 91.8. The minimum absolute atomic E-state index is 0. The molecule has 0 aromatic rings. The molecular formula is C122H192Cl8Zr4. The number of allylic oxidation sites excluding steroid dienone is 34. The molecule has 0 aromatic heterocycles. The summed E-state index contributed by atoms with van der Waals surface area (Å²) in [6.07, 6.45) is 105. The van der Waals surface area contributed by atoms with E-state index in [1.165, 1.54) is 202 Å². The third-order valence-electron chi connectivity index (χ3n) is 33.6. The Bertz CT molecular complexity index is 3920. The molecule has 134 heavy (non-hydrogen) atoms. The monoisotopic (exact) mass is 2300 g/mol. The SMILES string of the molecule is C=CCC1CCC(CCC2C3C=C(C)C=CC3C3C=CC(C(C)(C)C)=CC32)C1.C=CCCC1CCC(CCC2C3C=C(C)C=CC3C3C=CC(C(C)(C)C)=CC32)C1.CCCC1CCC(CCC2C3C=C(C)C=CC3C3C=CC(C(C)(C)C)=CC32)C1.CCCCC1CCC(CCC2C3C=C(C)C=CC3C3C=CC(C(C)(C)C)=CC32)C1.[CH3-].[CH3-].[CH3-].[CH3-].[CH3-].[CH3-].[CH3-].[CH3-].[Cl][Zr+2][Cl].[Cl][Zr+2][Cl].[Cl][Zr+2][Cl].[Cl][Zr+2][Cl]. The number of hydrogen-bond acceptors (Lipinski definition) is 0. The molecule has 12 heteroatoms. The second-order valence-corrected chi connectivity index (χ2v) is 60.9. The fraction of sp³-hybridized carbons (Fsp3) is 0.639. The second-order valence-electron chi connectivity index (χ2n) is 46.0. The molecule has 0 amide bonds. The van der Waals surface area contributed by atoms with E-state index in [0.717, 1.165) is 142 Å². The Balaban J connectivity index is 0.000000841. The maximum absolute atomic E-state index is 4.93. The topological polar surface area (TPSA) is 0 Å². The molecule has 16 aliphatic rings. The molecular weight excluding hydrogens is 2110 g/mol. The maximum atomic E-state index is 4.93. The van der Waals surface area contributed by atoms with Gasteiger partial charge in [0.2, 0.25) is 0 Å². The van der Waals surface area contributed by atoms with E-state index in [4.69, 9.17) is 68.1 Å². The van der Waals surface area contributed by atoms with E-state index in [1.54, 1.807) is 22.3 Å². The molecule has 0 nitrogen and oxygen atoms in total. The van der Waals surface area contributed by atoms with Gasteiger partial charge in [0.25, 0.3) is 0 Å². The predicted molar refractivity (Wildman–Crippen MR) is 595 cm³/mol. The fourth-order valence-electron chi connectivity index (χ4n) is 27.2. The Hall–Kier alpha value is 1.17. The van der Waals surface area contributed by atoms with Gasteiger partial charge in [0.15, 0.2) is 0 Å². The molecule has 16 rings (SSSR count). The summed E-state index contributed by atoms with van der Waals surface area (Å²) in [6.45, 7) is 50.2. The van der Waals surface area contributed by atoms with Crippen molar-refractivity contribution in [2.45, 2.75) is 304 Å². The van der Waals surface area contributed by atoms with Crippen molar-refractivity contribution in [3.8, 4) is 0 Å². The van der Waals surface area contributed by atoms with E-state index in [2.05, 4.69) is 296 Å². The van der Waals surface area contributed by atoms with Crippen molar-refractivity contribution >= 4 is 68.1 Å². The molecule has 16 aliphatic carbocycles. The van der Waals surface area contributed by atoms with Crippen LogP contribution in [0, 0.1) is 247 Å². The van der Waals surface area contributed by atoms with Crippen molar-refractivity contribution in [3.63, 3.8) is 0 Å². The number of fused-ring (bicyclic) bond motifs is 12. The third-order valence-corrected chi connectivity index (χ3v) is 33.6. The second kappa shape index (κ2) is 65.1. The number of halogens is 8. The van der Waals surface area contributed by atoms with E-state index < -0.39 is 83.4 Å². The first-order valence-electron chi connectivity index (χ1n) is 50.3. The number of hydrogen-bond donors (Lipinski definition) is 0. The standard InChI is InChI=1S/C29H44.C29H42.C28H42.C28H40.8CH3.8ClH.4Zr/c2*1-6-7-8-21-10-11-22(18-21)12-15-26-27-17-20(2)9-14-24(27)25-16-13-23(19-28(25)26)29(3,4)5;2*1-6-7-20-9-10-21(17-20)11-14-25-26-16-19(2)8-13-23(26)24-15-12-22(18-27(24)25)28(3,4)5;;;;;;;;;;;;;;;;;;;;/h9,13-14,16-17,19,21-22,24-28H,6-8,10-12,15,18H2,1-5H3;6,9,13-14,16-17,19,21-22,24-28H,1,7-8,10-12,15,18H2,2-5H3;8,12-13,15-16,18,20-21,23-27H,6-7,9-11,14,17H2,1-5H3;6,8,12-13,15-16,18,20-21,23-27H,1,7,9-11,14,17H2,2-5H3;8*1H3;8*1H;;;;/q;;;;8*-1;;;;;;;;;4*+4/p-8. The zero-order valence-electron chi connectivity index (χ0n) is 89.4. The summed E-state index contributed by atoms with van der Waals surface area (Å²) < 4.78 is 0. The summed E-state index contributed by atoms with van der Waals surface area (Å²) in [5.74, 6) is 22.9. The van der Waals surface area contributed by atoms with Gasteiger partial charge in [-0.05, 0) is 314 Å². The van der Waals surface area contributed by atoms with Crippen LogP contribution in [0.3, 0.4) is 0 Å². The van der Waals surface area contributed by atoms with Crippen LogP contribution in [0.1, 0.15) is 304 Å². The van der Waals surface area contributed by atoms with Gasteiger partial charge in [-0.1, -0.05) is 380 Å². The third kappa shape index (κ3) is 38.1. The Morgan fingerprint density at radius 3 is 0.679 bits per heavy atom. The van der Waals surface area contributed by atoms with Gasteiger partial charge in [0.1, 0.15) is 0 Å². The van der Waals surface area contributed by atoms with Crippen molar-refractivity contribution < 1.29 is 83.4 Å². The van der Waals surface area contributed by atoms with Gasteiger partial charge >= 0.3 is 151 Å². The molecule has 28 atom stereocenters. The van der Waals surface area contributed by atoms with E-state index in [0.29, 0.717) is 23.7 Å². The molecule has 0 heterocycles. The van der Waals surface area contributed by atoms with E-state index >= 15 is 0 Å². The van der Waals surface area contributed by atoms with Crippen LogP contribution < -0.4 is 0 Å². The first-order valence-corrected chi connectivity index (χ1v) is 75.6. The van der Waals surface area contributed by atoms with Crippen LogP contribution in [-0.4, -0.2) is 0 Å². The van der Waals surface area contributed by atoms with Crippen molar-refractivity contribution in [2.24, 2.45) is 187 Å². The molecule has 0 aromatic carbocycles. The molecule has 0 spiro atoms. The van der Waals surface area contributed by atoms with Crippen molar-refractivity contribution in [1.82, 2.24) is 0 Å². The molecule has 0 saturated heterocycles. The van der Waals surface area contributed by atoms with E-state index in [9.17, 15) is 0 Å². The molecule has 8 saturated carbocycles. The number of unbranched alkanes of at least 4 members (excludes halogenated alkanes) is 1. The van der Waals surface area contributed by atoms with Crippen molar-refractivity contribution in [2.75, 3.05) is 0 Å². The molecule has 8 fully saturated rings. The Labute approximate surface area is 907 Å². The fourth-order valence-corrected chi connectivity index (χ4v) is 27.2. The van der Waals surface area contributed by atoms with Crippen LogP contribution in [0.4, 0.5) is 0 Å². The summed E-state index contributed by atoms with van der Waals surface area (Å²) in [6, 6.07) is 0. The summed E-state index contributed by atoms with van der Waals surface area (Å²) in [5.41, 5.74) is 13.2. The van der Waals surface area contributed by atoms with Crippen LogP contribution in [0.25, 0.3) is 0 Å². The van der Waals surface area contributed by atoms with Gasteiger partial charge in [-0.25, -0.2) is 0 Å². The molecule has 752 valence electrons. The van der Waals surface area contributed by atoms with Gasteiger partial charge < -0.3 is 59.4 Å². The van der Waals surface area contributed by atoms with Crippen molar-refractivity contribution in [1.29, 1.82) is 0 Å². The summed E-state index contributed by atoms with van der Waals surface area (Å²) in [4.78, 5) is 0. The van der Waals surface area contributed by atoms with Crippen LogP contribution in [0.2, 0.25) is 0 Å². The molecule has 0 aliphatic heterocycles. The Morgan fingerprint density at radius 1 is 0.261 bits per heavy atom. The van der Waals surface area contributed by atoms with Crippen LogP contribution in [-0.2, 0) is 83.4 Å². The van der Waals surface area contributed by atoms with E-state index in [1.807, 2.05) is 0 Å². The normalized spacial score (nSPS) is 33.4. The van der Waals surface area contributed by atoms with Crippen molar-refractivity contribution in [3.05, 3.63) is 275 Å². The van der Waals surface area contributed by atoms with Crippen LogP contribution in [0.5, 0.6) is 0 Å². The molecule has 0 radical (unpaired) electrons. The average Bonchev–Trinajstić information content (AvgIpc) is 1.62. The van der Waals surface area contributed by atoms with Crippen LogP contribution in [0.15, 0.2) is 216 Å². The molecule has 28 unspecified atom stereocenters. The summed E-state index contributed by atoms with van der Waals surface area (Å²) >= 11 is -3.30. The first kappa shape index (κ1) is 133. The quantitative estimate of drug-likeness (QED) is 0.0749. The van der Waals surface area contributed by atoms with Crippen LogP contribution >= 0.6 is 68.1 Å². The van der Waals surface area contributed by atoms with Gasteiger partial charge in [0.05, 0.1) is 0 Å². The molecule has 0 N–H and O–H groups in total. The zero-order valence-corrected chi connectivity index (χ0v) is 105. The van der Waals surface area contributed by atoms with Gasteiger partial charge in [-0.2, -0.15) is 0 Å². The average molecular weight is 2310 g/mol. The number of rotatable bonds is 22. The van der Waals surface area contributed by atoms with Gasteiger partial charge in [0, 0.05) is 0 Å². The van der Waals surface area contributed by atoms with E-state index in [-0.39, 0.29) is 81.1 Å². The van der Waals surface area contributed by atoms with Gasteiger partial charge in [-0.15, -0.1) is 13.2 Å².